The Morgan fingerprint density at radius 3 is 2.24 bits per heavy atom. The predicted octanol–water partition coefficient (Wildman–Crippen LogP) is 4.57. The van der Waals surface area contributed by atoms with Gasteiger partial charge in [-0.3, -0.25) is 0 Å². The minimum absolute atomic E-state index is 0.0129. The molecule has 2 heterocycles. The maximum absolute atomic E-state index is 12.9. The normalized spacial score (nSPS) is 21.6. The minimum atomic E-state index is -0.557. The van der Waals surface area contributed by atoms with Crippen molar-refractivity contribution in [2.75, 3.05) is 13.7 Å². The van der Waals surface area contributed by atoms with Crippen LogP contribution in [0, 0.1) is 0 Å². The quantitative estimate of drug-likeness (QED) is 0.691. The fourth-order valence-corrected chi connectivity index (χ4v) is 4.20. The van der Waals surface area contributed by atoms with E-state index >= 15 is 0 Å². The summed E-state index contributed by atoms with van der Waals surface area (Å²) >= 11 is 0. The molecule has 29 heavy (non-hydrogen) atoms. The number of fused-ring (bicyclic) bond motifs is 2. The van der Waals surface area contributed by atoms with Crippen molar-refractivity contribution >= 4 is 17.6 Å². The zero-order valence-corrected chi connectivity index (χ0v) is 18.0. The van der Waals surface area contributed by atoms with E-state index in [4.69, 9.17) is 14.2 Å². The van der Waals surface area contributed by atoms with Crippen molar-refractivity contribution in [1.82, 2.24) is 4.90 Å². The Bertz CT molecular complexity index is 790. The Balaban J connectivity index is 1.96. The first-order valence-corrected chi connectivity index (χ1v) is 10.3. The molecule has 2 unspecified atom stereocenters. The number of rotatable bonds is 4. The zero-order chi connectivity index (χ0) is 21.2. The van der Waals surface area contributed by atoms with Gasteiger partial charge in [0.05, 0.1) is 13.7 Å². The summed E-state index contributed by atoms with van der Waals surface area (Å²) in [4.78, 5) is 27.6. The van der Waals surface area contributed by atoms with Crippen molar-refractivity contribution in [3.8, 4) is 5.75 Å². The van der Waals surface area contributed by atoms with Crippen LogP contribution in [0.4, 0.5) is 4.79 Å². The summed E-state index contributed by atoms with van der Waals surface area (Å²) in [7, 11) is 1.63. The van der Waals surface area contributed by atoms with Gasteiger partial charge in [0.15, 0.2) is 0 Å². The lowest BCUT2D eigenvalue weighted by atomic mass is 9.89. The minimum Gasteiger partial charge on any atom is -0.497 e. The van der Waals surface area contributed by atoms with Crippen LogP contribution in [0.5, 0.6) is 5.75 Å². The maximum atomic E-state index is 12.9. The summed E-state index contributed by atoms with van der Waals surface area (Å²) in [5, 5.41) is 0. The molecule has 2 bridgehead atoms. The Labute approximate surface area is 172 Å². The molecule has 2 aliphatic heterocycles. The molecule has 0 N–H and O–H groups in total. The van der Waals surface area contributed by atoms with Gasteiger partial charge in [0.25, 0.3) is 0 Å². The van der Waals surface area contributed by atoms with E-state index in [2.05, 4.69) is 0 Å². The summed E-state index contributed by atoms with van der Waals surface area (Å²) in [5.41, 5.74) is 2.02. The van der Waals surface area contributed by atoms with Crippen LogP contribution in [0.15, 0.2) is 29.8 Å². The number of hydrogen-bond donors (Lipinski definition) is 0. The maximum Gasteiger partial charge on any atom is 0.410 e. The number of benzene rings is 1. The fourth-order valence-electron chi connectivity index (χ4n) is 4.20. The summed E-state index contributed by atoms with van der Waals surface area (Å²) in [5.74, 6) is 0.465. The molecular formula is C23H31NO5. The molecule has 0 saturated carbocycles. The standard InChI is InChI=1S/C23H31NO5/c1-6-28-21(25)20-14-17-10-9-16(24(17)22(26)29-23(2,3)4)13-19(20)15-7-11-18(27-5)12-8-15/h7-8,11-12,16-17H,6,9-10,13-14H2,1-5H3. The molecule has 6 nitrogen and oxygen atoms in total. The van der Waals surface area contributed by atoms with Crippen molar-refractivity contribution in [2.45, 2.75) is 71.1 Å². The largest absolute Gasteiger partial charge is 0.497 e. The van der Waals surface area contributed by atoms with E-state index in [0.29, 0.717) is 25.0 Å². The molecule has 1 amide bonds. The highest BCUT2D eigenvalue weighted by atomic mass is 16.6. The number of carbonyl (C=O) groups excluding carboxylic acids is 2. The predicted molar refractivity (Wildman–Crippen MR) is 111 cm³/mol. The van der Waals surface area contributed by atoms with E-state index in [0.717, 1.165) is 29.7 Å². The molecule has 0 aromatic heterocycles. The molecule has 1 aromatic carbocycles. The number of ether oxygens (including phenoxy) is 3. The third-order valence-corrected chi connectivity index (χ3v) is 5.43. The number of esters is 1. The fraction of sp³-hybridized carbons (Fsp3) is 0.565. The van der Waals surface area contributed by atoms with Crippen LogP contribution in [-0.2, 0) is 14.3 Å². The summed E-state index contributed by atoms with van der Waals surface area (Å²) in [6.45, 7) is 7.74. The van der Waals surface area contributed by atoms with Gasteiger partial charge >= 0.3 is 12.1 Å². The molecule has 1 saturated heterocycles. The van der Waals surface area contributed by atoms with Crippen molar-refractivity contribution < 1.29 is 23.8 Å². The number of hydrogen-bond acceptors (Lipinski definition) is 5. The van der Waals surface area contributed by atoms with Gasteiger partial charge in [-0.1, -0.05) is 12.1 Å². The van der Waals surface area contributed by atoms with E-state index in [9.17, 15) is 9.59 Å². The van der Waals surface area contributed by atoms with Gasteiger partial charge in [0.2, 0.25) is 0 Å². The molecule has 6 heteroatoms. The molecule has 2 atom stereocenters. The van der Waals surface area contributed by atoms with E-state index in [1.54, 1.807) is 14.0 Å². The first kappa shape index (κ1) is 21.2. The molecule has 158 valence electrons. The molecule has 0 aliphatic carbocycles. The lowest BCUT2D eigenvalue weighted by Gasteiger charge is -2.31. The third kappa shape index (κ3) is 4.74. The van der Waals surface area contributed by atoms with Gasteiger partial charge in [-0.15, -0.1) is 0 Å². The lowest BCUT2D eigenvalue weighted by molar-refractivity contribution is -0.138. The molecule has 0 spiro atoms. The monoisotopic (exact) mass is 401 g/mol. The molecule has 0 radical (unpaired) electrons. The van der Waals surface area contributed by atoms with Crippen LogP contribution >= 0.6 is 0 Å². The average Bonchev–Trinajstić information content (AvgIpc) is 2.96. The van der Waals surface area contributed by atoms with Gasteiger partial charge in [-0.25, -0.2) is 9.59 Å². The van der Waals surface area contributed by atoms with E-state index in [-0.39, 0.29) is 24.1 Å². The zero-order valence-electron chi connectivity index (χ0n) is 18.0. The number of methoxy groups -OCH3 is 1. The second kappa shape index (κ2) is 8.47. The highest BCUT2D eigenvalue weighted by molar-refractivity contribution is 5.98. The van der Waals surface area contributed by atoms with Crippen molar-refractivity contribution in [1.29, 1.82) is 0 Å². The smallest absolute Gasteiger partial charge is 0.410 e. The Morgan fingerprint density at radius 2 is 1.69 bits per heavy atom. The van der Waals surface area contributed by atoms with Gasteiger partial charge in [-0.2, -0.15) is 0 Å². The number of amides is 1. The van der Waals surface area contributed by atoms with Crippen LogP contribution in [-0.4, -0.2) is 48.4 Å². The highest BCUT2D eigenvalue weighted by Crippen LogP contribution is 2.41. The van der Waals surface area contributed by atoms with E-state index < -0.39 is 5.60 Å². The summed E-state index contributed by atoms with van der Waals surface area (Å²) in [6.07, 6.45) is 2.55. The lowest BCUT2D eigenvalue weighted by Crippen LogP contribution is -2.43. The molecule has 2 aliphatic rings. The van der Waals surface area contributed by atoms with E-state index in [1.165, 1.54) is 0 Å². The molecular weight excluding hydrogens is 370 g/mol. The summed E-state index contributed by atoms with van der Waals surface area (Å²) in [6, 6.07) is 7.66. The second-order valence-electron chi connectivity index (χ2n) is 8.59. The topological polar surface area (TPSA) is 65.1 Å². The Morgan fingerprint density at radius 1 is 1.07 bits per heavy atom. The highest BCUT2D eigenvalue weighted by Gasteiger charge is 2.43. The molecule has 3 rings (SSSR count). The number of nitrogens with zero attached hydrogens (tertiary/aromatic N) is 1. The van der Waals surface area contributed by atoms with Crippen molar-refractivity contribution in [3.05, 3.63) is 35.4 Å². The van der Waals surface area contributed by atoms with Gasteiger partial charge in [0, 0.05) is 24.1 Å². The second-order valence-corrected chi connectivity index (χ2v) is 8.59. The molecule has 1 aromatic rings. The number of carbonyl (C=O) groups is 2. The SMILES string of the molecule is CCOC(=O)C1=C(c2ccc(OC)cc2)CC2CCC(C1)N2C(=O)OC(C)(C)C. The van der Waals surface area contributed by atoms with Crippen molar-refractivity contribution in [3.63, 3.8) is 0 Å². The Hall–Kier alpha value is -2.50. The first-order chi connectivity index (χ1) is 13.7. The van der Waals surface area contributed by atoms with Crippen LogP contribution in [0.3, 0.4) is 0 Å². The van der Waals surface area contributed by atoms with Crippen LogP contribution in [0.1, 0.15) is 58.9 Å². The van der Waals surface area contributed by atoms with Crippen LogP contribution in [0.2, 0.25) is 0 Å². The van der Waals surface area contributed by atoms with Gasteiger partial charge in [-0.05, 0) is 70.2 Å². The van der Waals surface area contributed by atoms with E-state index in [1.807, 2.05) is 49.9 Å². The van der Waals surface area contributed by atoms with Crippen LogP contribution in [0.25, 0.3) is 5.57 Å². The molecule has 1 fully saturated rings. The van der Waals surface area contributed by atoms with Crippen molar-refractivity contribution in [2.24, 2.45) is 0 Å². The Kier molecular flexibility index (Phi) is 6.20. The first-order valence-electron chi connectivity index (χ1n) is 10.3. The third-order valence-electron chi connectivity index (χ3n) is 5.43. The van der Waals surface area contributed by atoms with Crippen LogP contribution < -0.4 is 4.74 Å². The summed E-state index contributed by atoms with van der Waals surface area (Å²) < 4.78 is 16.3. The van der Waals surface area contributed by atoms with Gasteiger partial charge in [0.1, 0.15) is 11.4 Å². The average molecular weight is 402 g/mol. The van der Waals surface area contributed by atoms with Gasteiger partial charge < -0.3 is 19.1 Å².